The Morgan fingerprint density at radius 3 is 2.94 bits per heavy atom. The monoisotopic (exact) mass is 308 g/mol. The van der Waals surface area contributed by atoms with Gasteiger partial charge in [0.2, 0.25) is 0 Å². The van der Waals surface area contributed by atoms with Crippen molar-refractivity contribution in [2.24, 2.45) is 11.3 Å². The van der Waals surface area contributed by atoms with Gasteiger partial charge in [0.15, 0.2) is 5.78 Å². The molecule has 0 radical (unpaired) electrons. The van der Waals surface area contributed by atoms with Crippen molar-refractivity contribution in [3.63, 3.8) is 0 Å². The summed E-state index contributed by atoms with van der Waals surface area (Å²) in [5, 5.41) is 9.85. The van der Waals surface area contributed by atoms with Crippen LogP contribution < -0.4 is 0 Å². The second-order valence-corrected chi connectivity index (χ2v) is 6.79. The van der Waals surface area contributed by atoms with Crippen molar-refractivity contribution in [3.05, 3.63) is 33.8 Å². The summed E-state index contributed by atoms with van der Waals surface area (Å²) in [6, 6.07) is 6.01. The van der Waals surface area contributed by atoms with Crippen LogP contribution >= 0.6 is 15.9 Å². The highest BCUT2D eigenvalue weighted by Crippen LogP contribution is 2.49. The third-order valence-electron chi connectivity index (χ3n) is 4.62. The summed E-state index contributed by atoms with van der Waals surface area (Å²) in [6.45, 7) is 2.05. The van der Waals surface area contributed by atoms with E-state index in [1.54, 1.807) is 0 Å². The lowest BCUT2D eigenvalue weighted by molar-refractivity contribution is 0.0206. The highest BCUT2D eigenvalue weighted by Gasteiger charge is 2.48. The van der Waals surface area contributed by atoms with Gasteiger partial charge in [-0.15, -0.1) is 0 Å². The molecule has 1 aromatic rings. The Kier molecular flexibility index (Phi) is 2.87. The second-order valence-electron chi connectivity index (χ2n) is 5.88. The Balaban J connectivity index is 1.97. The standard InChI is InChI=1S/C15H17BrO2/c1-9-7-15(5-4-13(9)17)8-10-2-3-11(16)6-12(10)14(15)18/h2-3,6,9,13,17H,4-5,7-8H2,1H3. The van der Waals surface area contributed by atoms with Crippen LogP contribution in [-0.2, 0) is 6.42 Å². The maximum Gasteiger partial charge on any atom is 0.169 e. The maximum absolute atomic E-state index is 12.7. The summed E-state index contributed by atoms with van der Waals surface area (Å²) in [7, 11) is 0. The topological polar surface area (TPSA) is 37.3 Å². The fourth-order valence-electron chi connectivity index (χ4n) is 3.57. The van der Waals surface area contributed by atoms with E-state index in [0.717, 1.165) is 35.7 Å². The molecule has 18 heavy (non-hydrogen) atoms. The minimum atomic E-state index is -0.237. The molecule has 2 aliphatic carbocycles. The largest absolute Gasteiger partial charge is 0.393 e. The van der Waals surface area contributed by atoms with Gasteiger partial charge in [-0.2, -0.15) is 0 Å². The fraction of sp³-hybridized carbons (Fsp3) is 0.533. The van der Waals surface area contributed by atoms with Gasteiger partial charge < -0.3 is 5.11 Å². The van der Waals surface area contributed by atoms with E-state index >= 15 is 0 Å². The smallest absolute Gasteiger partial charge is 0.169 e. The van der Waals surface area contributed by atoms with Crippen LogP contribution in [0.3, 0.4) is 0 Å². The molecule has 3 atom stereocenters. The lowest BCUT2D eigenvalue weighted by Gasteiger charge is -2.38. The summed E-state index contributed by atoms with van der Waals surface area (Å²) in [5.41, 5.74) is 1.82. The van der Waals surface area contributed by atoms with Gasteiger partial charge in [0.1, 0.15) is 0 Å². The maximum atomic E-state index is 12.7. The van der Waals surface area contributed by atoms with Gasteiger partial charge in [-0.1, -0.05) is 28.9 Å². The number of fused-ring (bicyclic) bond motifs is 1. The molecule has 1 fully saturated rings. The van der Waals surface area contributed by atoms with Crippen LogP contribution in [0.15, 0.2) is 22.7 Å². The number of Topliss-reactive ketones (excluding diaryl/α,β-unsaturated/α-hetero) is 1. The molecule has 0 aliphatic heterocycles. The molecule has 3 rings (SSSR count). The number of aliphatic hydroxyl groups excluding tert-OH is 1. The zero-order valence-electron chi connectivity index (χ0n) is 10.4. The number of ketones is 1. The van der Waals surface area contributed by atoms with Gasteiger partial charge in [0.05, 0.1) is 6.10 Å². The summed E-state index contributed by atoms with van der Waals surface area (Å²) >= 11 is 3.43. The average Bonchev–Trinajstić information content (AvgIpc) is 2.59. The number of hydrogen-bond acceptors (Lipinski definition) is 2. The third-order valence-corrected chi connectivity index (χ3v) is 5.11. The van der Waals surface area contributed by atoms with Gasteiger partial charge in [-0.3, -0.25) is 4.79 Å². The molecule has 0 heterocycles. The van der Waals surface area contributed by atoms with E-state index in [9.17, 15) is 9.90 Å². The first-order valence-corrected chi connectivity index (χ1v) is 7.32. The molecule has 1 spiro atoms. The minimum Gasteiger partial charge on any atom is -0.393 e. The van der Waals surface area contributed by atoms with Crippen molar-refractivity contribution in [2.45, 2.75) is 38.7 Å². The van der Waals surface area contributed by atoms with Gasteiger partial charge >= 0.3 is 0 Å². The van der Waals surface area contributed by atoms with Crippen molar-refractivity contribution >= 4 is 21.7 Å². The van der Waals surface area contributed by atoms with Crippen LogP contribution in [0.1, 0.15) is 42.1 Å². The van der Waals surface area contributed by atoms with Crippen LogP contribution in [0.5, 0.6) is 0 Å². The number of halogens is 1. The SMILES string of the molecule is CC1CC2(CCC1O)Cc1ccc(Br)cc1C2=O. The summed E-state index contributed by atoms with van der Waals surface area (Å²) in [5.74, 6) is 0.512. The Hall–Kier alpha value is -0.670. The normalized spacial score (nSPS) is 34.9. The first-order valence-electron chi connectivity index (χ1n) is 6.53. The van der Waals surface area contributed by atoms with Crippen LogP contribution in [0, 0.1) is 11.3 Å². The van der Waals surface area contributed by atoms with Crippen molar-refractivity contribution in [1.82, 2.24) is 0 Å². The van der Waals surface area contributed by atoms with Crippen molar-refractivity contribution in [1.29, 1.82) is 0 Å². The molecule has 0 amide bonds. The molecular formula is C15H17BrO2. The number of benzene rings is 1. The molecule has 2 nitrogen and oxygen atoms in total. The van der Waals surface area contributed by atoms with Crippen LogP contribution in [-0.4, -0.2) is 17.0 Å². The van der Waals surface area contributed by atoms with E-state index in [2.05, 4.69) is 28.9 Å². The molecule has 1 saturated carbocycles. The predicted molar refractivity (Wildman–Crippen MR) is 73.6 cm³/mol. The predicted octanol–water partition coefficient (Wildman–Crippen LogP) is 3.36. The molecule has 3 unspecified atom stereocenters. The van der Waals surface area contributed by atoms with Gasteiger partial charge in [0, 0.05) is 15.5 Å². The van der Waals surface area contributed by atoms with Crippen LogP contribution in [0.2, 0.25) is 0 Å². The summed E-state index contributed by atoms with van der Waals surface area (Å²) in [4.78, 5) is 12.7. The quantitative estimate of drug-likeness (QED) is 0.798. The van der Waals surface area contributed by atoms with E-state index in [4.69, 9.17) is 0 Å². The fourth-order valence-corrected chi connectivity index (χ4v) is 3.94. The molecule has 96 valence electrons. The minimum absolute atomic E-state index is 0.223. The molecular weight excluding hydrogens is 292 g/mol. The summed E-state index contributed by atoms with van der Waals surface area (Å²) < 4.78 is 0.968. The van der Waals surface area contributed by atoms with Crippen LogP contribution in [0.4, 0.5) is 0 Å². The molecule has 1 aromatic carbocycles. The first-order chi connectivity index (χ1) is 8.52. The second kappa shape index (κ2) is 4.17. The molecule has 0 saturated heterocycles. The van der Waals surface area contributed by atoms with Crippen molar-refractivity contribution in [3.8, 4) is 0 Å². The van der Waals surface area contributed by atoms with Gasteiger partial charge in [-0.25, -0.2) is 0 Å². The lowest BCUT2D eigenvalue weighted by Crippen LogP contribution is -2.39. The first kappa shape index (κ1) is 12.4. The Morgan fingerprint density at radius 1 is 1.44 bits per heavy atom. The van der Waals surface area contributed by atoms with Gasteiger partial charge in [-0.05, 0) is 49.3 Å². The van der Waals surface area contributed by atoms with E-state index in [0.29, 0.717) is 0 Å². The third kappa shape index (κ3) is 1.76. The highest BCUT2D eigenvalue weighted by molar-refractivity contribution is 9.10. The van der Waals surface area contributed by atoms with E-state index < -0.39 is 0 Å². The zero-order chi connectivity index (χ0) is 12.9. The number of aliphatic hydroxyl groups is 1. The number of carbonyl (C=O) groups is 1. The Bertz CT molecular complexity index is 511. The molecule has 2 aliphatic rings. The van der Waals surface area contributed by atoms with Crippen molar-refractivity contribution < 1.29 is 9.90 Å². The van der Waals surface area contributed by atoms with Crippen molar-refractivity contribution in [2.75, 3.05) is 0 Å². The zero-order valence-corrected chi connectivity index (χ0v) is 12.0. The number of carbonyl (C=O) groups excluding carboxylic acids is 1. The number of hydrogen-bond donors (Lipinski definition) is 1. The lowest BCUT2D eigenvalue weighted by atomic mass is 9.67. The highest BCUT2D eigenvalue weighted by atomic mass is 79.9. The number of rotatable bonds is 0. The Labute approximate surface area is 116 Å². The van der Waals surface area contributed by atoms with E-state index in [-0.39, 0.29) is 23.2 Å². The average molecular weight is 309 g/mol. The molecule has 1 N–H and O–H groups in total. The Morgan fingerprint density at radius 2 is 2.22 bits per heavy atom. The molecule has 3 heteroatoms. The molecule has 0 aromatic heterocycles. The molecule has 0 bridgehead atoms. The van der Waals surface area contributed by atoms with E-state index in [1.807, 2.05) is 12.1 Å². The van der Waals surface area contributed by atoms with Gasteiger partial charge in [0.25, 0.3) is 0 Å². The van der Waals surface area contributed by atoms with Crippen LogP contribution in [0.25, 0.3) is 0 Å². The van der Waals surface area contributed by atoms with E-state index in [1.165, 1.54) is 5.56 Å². The summed E-state index contributed by atoms with van der Waals surface area (Å²) in [6.07, 6.45) is 3.01.